The molecule has 0 aliphatic heterocycles. The van der Waals surface area contributed by atoms with E-state index in [4.69, 9.17) is 10.8 Å². The second-order valence-corrected chi connectivity index (χ2v) is 5.30. The Balaban J connectivity index is 4.82. The molecule has 0 aliphatic carbocycles. The molecule has 0 aromatic heterocycles. The fourth-order valence-electron chi connectivity index (χ4n) is 1.21. The second-order valence-electron chi connectivity index (χ2n) is 5.30. The summed E-state index contributed by atoms with van der Waals surface area (Å²) in [5.74, 6) is -1.34. The molecule has 16 heavy (non-hydrogen) atoms. The topological polar surface area (TPSA) is 83.6 Å². The van der Waals surface area contributed by atoms with Gasteiger partial charge in [-0.25, -0.2) is 0 Å². The van der Waals surface area contributed by atoms with Gasteiger partial charge in [0.1, 0.15) is 6.54 Å². The first-order valence-electron chi connectivity index (χ1n) is 5.35. The summed E-state index contributed by atoms with van der Waals surface area (Å²) >= 11 is 0. The first-order chi connectivity index (χ1) is 7.07. The molecule has 0 saturated carbocycles. The lowest BCUT2D eigenvalue weighted by atomic mass is 9.86. The molecule has 1 atom stereocenters. The molecule has 1 amide bonds. The Morgan fingerprint density at radius 2 is 1.75 bits per heavy atom. The van der Waals surface area contributed by atoms with Gasteiger partial charge >= 0.3 is 5.97 Å². The van der Waals surface area contributed by atoms with Crippen molar-refractivity contribution in [3.8, 4) is 0 Å². The van der Waals surface area contributed by atoms with E-state index in [1.165, 1.54) is 4.90 Å². The maximum absolute atomic E-state index is 12.0. The number of nitrogens with two attached hydrogens (primary N) is 1. The van der Waals surface area contributed by atoms with Gasteiger partial charge in [-0.3, -0.25) is 9.59 Å². The van der Waals surface area contributed by atoms with Gasteiger partial charge < -0.3 is 15.7 Å². The number of carbonyl (C=O) groups excluding carboxylic acids is 1. The number of hydrogen-bond donors (Lipinski definition) is 2. The van der Waals surface area contributed by atoms with Crippen LogP contribution in [-0.2, 0) is 9.59 Å². The fraction of sp³-hybridized carbons (Fsp3) is 0.818. The maximum Gasteiger partial charge on any atom is 0.323 e. The number of hydrogen-bond acceptors (Lipinski definition) is 3. The van der Waals surface area contributed by atoms with Crippen molar-refractivity contribution >= 4 is 11.9 Å². The molecule has 0 radical (unpaired) electrons. The molecule has 0 saturated heterocycles. The number of carbonyl (C=O) groups is 2. The van der Waals surface area contributed by atoms with Crippen LogP contribution in [0.1, 0.15) is 34.6 Å². The summed E-state index contributed by atoms with van der Waals surface area (Å²) in [5.41, 5.74) is 5.45. The second kappa shape index (κ2) is 5.30. The minimum absolute atomic E-state index is 0.169. The van der Waals surface area contributed by atoms with Gasteiger partial charge in [0, 0.05) is 6.04 Å². The summed E-state index contributed by atoms with van der Waals surface area (Å²) in [6.07, 6.45) is 0. The molecule has 0 bridgehead atoms. The normalized spacial score (nSPS) is 13.7. The van der Waals surface area contributed by atoms with Gasteiger partial charge in [0.15, 0.2) is 0 Å². The highest BCUT2D eigenvalue weighted by Gasteiger charge is 2.32. The molecule has 3 N–H and O–H groups in total. The average Bonchev–Trinajstić information content (AvgIpc) is 2.09. The Hall–Kier alpha value is -1.10. The van der Waals surface area contributed by atoms with Gasteiger partial charge in [-0.1, -0.05) is 20.8 Å². The zero-order valence-corrected chi connectivity index (χ0v) is 10.7. The molecule has 0 aromatic carbocycles. The van der Waals surface area contributed by atoms with Gasteiger partial charge in [-0.15, -0.1) is 0 Å². The van der Waals surface area contributed by atoms with E-state index in [0.29, 0.717) is 0 Å². The van der Waals surface area contributed by atoms with Gasteiger partial charge in [-0.2, -0.15) is 0 Å². The standard InChI is InChI=1S/C11H22N2O3/c1-7(2)13(6-8(14)15)10(16)9(12)11(3,4)5/h7,9H,6,12H2,1-5H3,(H,14,15). The Morgan fingerprint density at radius 1 is 1.31 bits per heavy atom. The van der Waals surface area contributed by atoms with Crippen LogP contribution >= 0.6 is 0 Å². The lowest BCUT2D eigenvalue weighted by Crippen LogP contribution is -2.53. The fourth-order valence-corrected chi connectivity index (χ4v) is 1.21. The predicted molar refractivity (Wildman–Crippen MR) is 61.9 cm³/mol. The van der Waals surface area contributed by atoms with Crippen molar-refractivity contribution in [2.45, 2.75) is 46.7 Å². The number of carboxylic acid groups (broad SMARTS) is 1. The molecular formula is C11H22N2O3. The van der Waals surface area contributed by atoms with Gasteiger partial charge in [0.25, 0.3) is 0 Å². The van der Waals surface area contributed by atoms with Crippen molar-refractivity contribution in [3.05, 3.63) is 0 Å². The highest BCUT2D eigenvalue weighted by Crippen LogP contribution is 2.19. The van der Waals surface area contributed by atoms with Crippen molar-refractivity contribution in [2.24, 2.45) is 11.1 Å². The molecule has 0 rings (SSSR count). The lowest BCUT2D eigenvalue weighted by Gasteiger charge is -2.33. The molecule has 5 heteroatoms. The molecule has 0 heterocycles. The maximum atomic E-state index is 12.0. The van der Waals surface area contributed by atoms with Crippen LogP contribution in [0.2, 0.25) is 0 Å². The number of rotatable bonds is 4. The highest BCUT2D eigenvalue weighted by atomic mass is 16.4. The smallest absolute Gasteiger partial charge is 0.323 e. The Bertz CT molecular complexity index is 269. The summed E-state index contributed by atoms with van der Waals surface area (Å²) in [7, 11) is 0. The minimum atomic E-state index is -1.02. The molecule has 0 aliphatic rings. The summed E-state index contributed by atoms with van der Waals surface area (Å²) in [6, 6.07) is -0.855. The monoisotopic (exact) mass is 230 g/mol. The van der Waals surface area contributed by atoms with Crippen molar-refractivity contribution < 1.29 is 14.7 Å². The summed E-state index contributed by atoms with van der Waals surface area (Å²) in [6.45, 7) is 8.81. The summed E-state index contributed by atoms with van der Waals surface area (Å²) < 4.78 is 0. The SMILES string of the molecule is CC(C)N(CC(=O)O)C(=O)C(N)C(C)(C)C. The minimum Gasteiger partial charge on any atom is -0.480 e. The lowest BCUT2D eigenvalue weighted by molar-refractivity contribution is -0.147. The van der Waals surface area contributed by atoms with Crippen LogP contribution in [0.15, 0.2) is 0 Å². The number of aliphatic carboxylic acids is 1. The third-order valence-corrected chi connectivity index (χ3v) is 2.41. The van der Waals surface area contributed by atoms with Crippen LogP contribution in [0.4, 0.5) is 0 Å². The molecular weight excluding hydrogens is 208 g/mol. The van der Waals surface area contributed by atoms with Crippen LogP contribution in [0, 0.1) is 5.41 Å². The largest absolute Gasteiger partial charge is 0.480 e. The van der Waals surface area contributed by atoms with E-state index in [1.54, 1.807) is 13.8 Å². The van der Waals surface area contributed by atoms with E-state index < -0.39 is 12.0 Å². The van der Waals surface area contributed by atoms with Gasteiger partial charge in [0.05, 0.1) is 6.04 Å². The Kier molecular flexibility index (Phi) is 4.93. The van der Waals surface area contributed by atoms with E-state index in [2.05, 4.69) is 0 Å². The molecule has 0 spiro atoms. The van der Waals surface area contributed by atoms with Crippen molar-refractivity contribution in [1.82, 2.24) is 4.90 Å². The third-order valence-electron chi connectivity index (χ3n) is 2.41. The van der Waals surface area contributed by atoms with E-state index >= 15 is 0 Å². The van der Waals surface area contributed by atoms with E-state index in [9.17, 15) is 9.59 Å². The molecule has 5 nitrogen and oxygen atoms in total. The van der Waals surface area contributed by atoms with Crippen LogP contribution in [0.3, 0.4) is 0 Å². The molecule has 0 aromatic rings. The predicted octanol–water partition coefficient (Wildman–Crippen LogP) is 0.681. The number of carboxylic acids is 1. The van der Waals surface area contributed by atoms with Crippen LogP contribution in [-0.4, -0.2) is 40.5 Å². The quantitative estimate of drug-likeness (QED) is 0.744. The van der Waals surface area contributed by atoms with Crippen LogP contribution < -0.4 is 5.73 Å². The van der Waals surface area contributed by atoms with Crippen LogP contribution in [0.5, 0.6) is 0 Å². The van der Waals surface area contributed by atoms with Crippen LogP contribution in [0.25, 0.3) is 0 Å². The highest BCUT2D eigenvalue weighted by molar-refractivity contribution is 5.86. The van der Waals surface area contributed by atoms with Gasteiger partial charge in [0.2, 0.25) is 5.91 Å². The van der Waals surface area contributed by atoms with E-state index in [1.807, 2.05) is 20.8 Å². The van der Waals surface area contributed by atoms with Crippen molar-refractivity contribution in [2.75, 3.05) is 6.54 Å². The Labute approximate surface area is 96.6 Å². The summed E-state index contributed by atoms with van der Waals surface area (Å²) in [5, 5.41) is 8.73. The van der Waals surface area contributed by atoms with Crippen molar-refractivity contribution in [3.63, 3.8) is 0 Å². The first kappa shape index (κ1) is 14.9. The van der Waals surface area contributed by atoms with E-state index in [-0.39, 0.29) is 23.9 Å². The van der Waals surface area contributed by atoms with Gasteiger partial charge in [-0.05, 0) is 19.3 Å². The number of amides is 1. The molecule has 94 valence electrons. The average molecular weight is 230 g/mol. The summed E-state index contributed by atoms with van der Waals surface area (Å²) in [4.78, 5) is 24.0. The van der Waals surface area contributed by atoms with Crippen molar-refractivity contribution in [1.29, 1.82) is 0 Å². The van der Waals surface area contributed by atoms with E-state index in [0.717, 1.165) is 0 Å². The first-order valence-corrected chi connectivity index (χ1v) is 5.35. The number of nitrogens with zero attached hydrogens (tertiary/aromatic N) is 1. The molecule has 0 fully saturated rings. The zero-order valence-electron chi connectivity index (χ0n) is 10.7. The molecule has 1 unspecified atom stereocenters. The zero-order chi connectivity index (χ0) is 13.1. The third kappa shape index (κ3) is 4.18. The Morgan fingerprint density at radius 3 is 2.00 bits per heavy atom.